The number of halogens is 1. The summed E-state index contributed by atoms with van der Waals surface area (Å²) in [4.78, 5) is 18.1. The molecule has 0 aliphatic carbocycles. The number of benzene rings is 3. The van der Waals surface area contributed by atoms with E-state index in [1.807, 2.05) is 56.3 Å². The van der Waals surface area contributed by atoms with Gasteiger partial charge in [0.05, 0.1) is 23.9 Å². The second kappa shape index (κ2) is 8.17. The number of fused-ring (bicyclic) bond motifs is 1. The third-order valence-corrected chi connectivity index (χ3v) is 5.20. The van der Waals surface area contributed by atoms with Crippen LogP contribution in [0.2, 0.25) is 5.02 Å². The number of rotatable bonds is 4. The number of nitrogens with zero attached hydrogens (tertiary/aromatic N) is 1. The number of aryl methyl sites for hydroxylation is 2. The highest BCUT2D eigenvalue weighted by atomic mass is 35.5. The molecule has 0 unspecified atom stereocenters. The van der Waals surface area contributed by atoms with E-state index in [0.29, 0.717) is 16.3 Å². The summed E-state index contributed by atoms with van der Waals surface area (Å²) in [6.45, 7) is 4.03. The van der Waals surface area contributed by atoms with Gasteiger partial charge in [-0.1, -0.05) is 29.3 Å². The van der Waals surface area contributed by atoms with E-state index in [2.05, 4.69) is 11.4 Å². The van der Waals surface area contributed by atoms with E-state index in [0.717, 1.165) is 39.0 Å². The zero-order chi connectivity index (χ0) is 21.3. The molecule has 0 aliphatic heterocycles. The first-order chi connectivity index (χ1) is 14.4. The standard InChI is InChI=1S/C25H21ClN2O2/c1-15-11-16(2)24-21(12-15)22(25(29)27-19-6-4-5-18(26)13-19)14-23(28-24)17-7-9-20(30-3)10-8-17/h4-14H,1-3H3,(H,27,29). The summed E-state index contributed by atoms with van der Waals surface area (Å²) >= 11 is 6.07. The molecular weight excluding hydrogens is 396 g/mol. The monoisotopic (exact) mass is 416 g/mol. The second-order valence-corrected chi connectivity index (χ2v) is 7.66. The van der Waals surface area contributed by atoms with E-state index in [1.165, 1.54) is 0 Å². The summed E-state index contributed by atoms with van der Waals surface area (Å²) in [6, 6.07) is 20.7. The Hall–Kier alpha value is -3.37. The zero-order valence-electron chi connectivity index (χ0n) is 17.0. The number of carbonyl (C=O) groups excluding carboxylic acids is 1. The van der Waals surface area contributed by atoms with Crippen molar-refractivity contribution in [2.45, 2.75) is 13.8 Å². The Labute approximate surface area is 180 Å². The van der Waals surface area contributed by atoms with Crippen LogP contribution in [0.4, 0.5) is 5.69 Å². The minimum atomic E-state index is -0.204. The van der Waals surface area contributed by atoms with Gasteiger partial charge in [-0.05, 0) is 74.0 Å². The van der Waals surface area contributed by atoms with Crippen LogP contribution in [0.3, 0.4) is 0 Å². The highest BCUT2D eigenvalue weighted by Gasteiger charge is 2.16. The number of hydrogen-bond acceptors (Lipinski definition) is 3. The molecule has 4 nitrogen and oxygen atoms in total. The number of amides is 1. The lowest BCUT2D eigenvalue weighted by molar-refractivity contribution is 0.102. The van der Waals surface area contributed by atoms with Crippen molar-refractivity contribution in [2.24, 2.45) is 0 Å². The summed E-state index contributed by atoms with van der Waals surface area (Å²) in [5.74, 6) is 0.565. The van der Waals surface area contributed by atoms with Gasteiger partial charge in [-0.15, -0.1) is 0 Å². The third kappa shape index (κ3) is 4.00. The maximum absolute atomic E-state index is 13.2. The molecule has 30 heavy (non-hydrogen) atoms. The van der Waals surface area contributed by atoms with Gasteiger partial charge in [-0.25, -0.2) is 4.98 Å². The van der Waals surface area contributed by atoms with Crippen molar-refractivity contribution in [3.05, 3.63) is 88.4 Å². The van der Waals surface area contributed by atoms with Crippen LogP contribution in [0.5, 0.6) is 5.75 Å². The van der Waals surface area contributed by atoms with Gasteiger partial charge in [0.25, 0.3) is 5.91 Å². The summed E-state index contributed by atoms with van der Waals surface area (Å²) in [5.41, 5.74) is 5.77. The normalized spacial score (nSPS) is 10.8. The molecule has 0 atom stereocenters. The van der Waals surface area contributed by atoms with Crippen LogP contribution in [-0.2, 0) is 0 Å². The first-order valence-electron chi connectivity index (χ1n) is 9.58. The van der Waals surface area contributed by atoms with E-state index >= 15 is 0 Å². The van der Waals surface area contributed by atoms with E-state index in [1.54, 1.807) is 25.3 Å². The zero-order valence-corrected chi connectivity index (χ0v) is 17.7. The Balaban J connectivity index is 1.86. The molecule has 1 N–H and O–H groups in total. The highest BCUT2D eigenvalue weighted by molar-refractivity contribution is 6.31. The highest BCUT2D eigenvalue weighted by Crippen LogP contribution is 2.29. The third-order valence-electron chi connectivity index (χ3n) is 4.96. The summed E-state index contributed by atoms with van der Waals surface area (Å²) in [7, 11) is 1.63. The van der Waals surface area contributed by atoms with Gasteiger partial charge in [-0.2, -0.15) is 0 Å². The Morgan fingerprint density at radius 2 is 1.77 bits per heavy atom. The van der Waals surface area contributed by atoms with E-state index in [4.69, 9.17) is 21.3 Å². The SMILES string of the molecule is COc1ccc(-c2cc(C(=O)Nc3cccc(Cl)c3)c3cc(C)cc(C)c3n2)cc1. The topological polar surface area (TPSA) is 51.2 Å². The number of nitrogens with one attached hydrogen (secondary N) is 1. The average molecular weight is 417 g/mol. The van der Waals surface area contributed by atoms with Crippen LogP contribution < -0.4 is 10.1 Å². The largest absolute Gasteiger partial charge is 0.497 e. The van der Waals surface area contributed by atoms with Gasteiger partial charge in [0, 0.05) is 21.7 Å². The Kier molecular flexibility index (Phi) is 5.42. The number of anilines is 1. The lowest BCUT2D eigenvalue weighted by atomic mass is 9.99. The minimum absolute atomic E-state index is 0.204. The Morgan fingerprint density at radius 3 is 2.47 bits per heavy atom. The fourth-order valence-electron chi connectivity index (χ4n) is 3.54. The Morgan fingerprint density at radius 1 is 1.00 bits per heavy atom. The van der Waals surface area contributed by atoms with Crippen molar-refractivity contribution < 1.29 is 9.53 Å². The predicted octanol–water partition coefficient (Wildman–Crippen LogP) is 6.43. The Bertz CT molecular complexity index is 1250. The van der Waals surface area contributed by atoms with Crippen LogP contribution in [0.25, 0.3) is 22.2 Å². The van der Waals surface area contributed by atoms with Crippen LogP contribution in [0, 0.1) is 13.8 Å². The van der Waals surface area contributed by atoms with Gasteiger partial charge in [0.2, 0.25) is 0 Å². The molecule has 1 amide bonds. The van der Waals surface area contributed by atoms with Crippen molar-refractivity contribution in [1.29, 1.82) is 0 Å². The molecule has 0 fully saturated rings. The number of aromatic nitrogens is 1. The first-order valence-corrected chi connectivity index (χ1v) is 9.96. The van der Waals surface area contributed by atoms with Gasteiger partial charge < -0.3 is 10.1 Å². The molecular formula is C25H21ClN2O2. The van der Waals surface area contributed by atoms with E-state index in [-0.39, 0.29) is 5.91 Å². The molecule has 0 saturated carbocycles. The molecule has 150 valence electrons. The molecule has 0 aliphatic rings. The molecule has 1 heterocycles. The molecule has 1 aromatic heterocycles. The van der Waals surface area contributed by atoms with Crippen LogP contribution >= 0.6 is 11.6 Å². The van der Waals surface area contributed by atoms with Crippen molar-refractivity contribution >= 4 is 34.1 Å². The summed E-state index contributed by atoms with van der Waals surface area (Å²) in [6.07, 6.45) is 0. The van der Waals surface area contributed by atoms with Crippen molar-refractivity contribution in [1.82, 2.24) is 4.98 Å². The summed E-state index contributed by atoms with van der Waals surface area (Å²) < 4.78 is 5.25. The molecule has 4 aromatic rings. The molecule has 0 saturated heterocycles. The van der Waals surface area contributed by atoms with Gasteiger partial charge in [0.15, 0.2) is 0 Å². The summed E-state index contributed by atoms with van der Waals surface area (Å²) in [5, 5.41) is 4.35. The maximum Gasteiger partial charge on any atom is 0.256 e. The first kappa shape index (κ1) is 19.9. The fraction of sp³-hybridized carbons (Fsp3) is 0.120. The van der Waals surface area contributed by atoms with Crippen LogP contribution in [0.1, 0.15) is 21.5 Å². The van der Waals surface area contributed by atoms with Crippen molar-refractivity contribution in [3.8, 4) is 17.0 Å². The second-order valence-electron chi connectivity index (χ2n) is 7.23. The molecule has 4 rings (SSSR count). The number of pyridine rings is 1. The molecule has 0 bridgehead atoms. The molecule has 3 aromatic carbocycles. The molecule has 0 radical (unpaired) electrons. The lowest BCUT2D eigenvalue weighted by Crippen LogP contribution is -2.13. The maximum atomic E-state index is 13.2. The number of ether oxygens (including phenoxy) is 1. The van der Waals surface area contributed by atoms with Crippen molar-refractivity contribution in [2.75, 3.05) is 12.4 Å². The predicted molar refractivity (Wildman–Crippen MR) is 123 cm³/mol. The lowest BCUT2D eigenvalue weighted by Gasteiger charge is -2.13. The average Bonchev–Trinajstić information content (AvgIpc) is 2.73. The molecule has 0 spiro atoms. The number of methoxy groups -OCH3 is 1. The van der Waals surface area contributed by atoms with Gasteiger partial charge >= 0.3 is 0 Å². The smallest absolute Gasteiger partial charge is 0.256 e. The van der Waals surface area contributed by atoms with Gasteiger partial charge in [-0.3, -0.25) is 4.79 Å². The quantitative estimate of drug-likeness (QED) is 0.417. The number of carbonyl (C=O) groups is 1. The minimum Gasteiger partial charge on any atom is -0.497 e. The van der Waals surface area contributed by atoms with Crippen LogP contribution in [0.15, 0.2) is 66.7 Å². The fourth-order valence-corrected chi connectivity index (χ4v) is 3.73. The van der Waals surface area contributed by atoms with E-state index < -0.39 is 0 Å². The van der Waals surface area contributed by atoms with E-state index in [9.17, 15) is 4.79 Å². The van der Waals surface area contributed by atoms with Crippen molar-refractivity contribution in [3.63, 3.8) is 0 Å². The van der Waals surface area contributed by atoms with Crippen LogP contribution in [-0.4, -0.2) is 18.0 Å². The molecule has 5 heteroatoms. The number of hydrogen-bond donors (Lipinski definition) is 1. The van der Waals surface area contributed by atoms with Gasteiger partial charge in [0.1, 0.15) is 5.75 Å².